The lowest BCUT2D eigenvalue weighted by atomic mass is 10.0. The number of hydrogen-bond donors (Lipinski definition) is 2. The van der Waals surface area contributed by atoms with Crippen LogP contribution in [0.15, 0.2) is 64.1 Å². The number of methoxy groups -OCH3 is 1. The van der Waals surface area contributed by atoms with Gasteiger partial charge in [-0.1, -0.05) is 12.1 Å². The molecular weight excluding hydrogens is 332 g/mol. The number of fused-ring (bicyclic) bond motifs is 1. The molecule has 0 bridgehead atoms. The summed E-state index contributed by atoms with van der Waals surface area (Å²) in [6, 6.07) is 13.0. The molecule has 0 aliphatic heterocycles. The lowest BCUT2D eigenvalue weighted by Gasteiger charge is -2.09. The monoisotopic (exact) mass is 348 g/mol. The van der Waals surface area contributed by atoms with E-state index in [0.29, 0.717) is 29.3 Å². The van der Waals surface area contributed by atoms with E-state index >= 15 is 0 Å². The van der Waals surface area contributed by atoms with Gasteiger partial charge in [-0.25, -0.2) is 4.98 Å². The molecule has 3 heterocycles. The van der Waals surface area contributed by atoms with Crippen LogP contribution in [0.5, 0.6) is 5.75 Å². The van der Waals surface area contributed by atoms with Crippen LogP contribution in [-0.2, 0) is 6.54 Å². The zero-order valence-electron chi connectivity index (χ0n) is 14.0. The summed E-state index contributed by atoms with van der Waals surface area (Å²) in [5, 5.41) is 3.47. The molecule has 0 aliphatic carbocycles. The Morgan fingerprint density at radius 1 is 1.23 bits per heavy atom. The molecule has 0 atom stereocenters. The van der Waals surface area contributed by atoms with Crippen molar-refractivity contribution in [3.63, 3.8) is 0 Å². The minimum absolute atomic E-state index is 0.261. The Kier molecular flexibility index (Phi) is 4.10. The summed E-state index contributed by atoms with van der Waals surface area (Å²) >= 11 is 0. The van der Waals surface area contributed by atoms with Gasteiger partial charge in [-0.2, -0.15) is 4.98 Å². The fourth-order valence-corrected chi connectivity index (χ4v) is 2.76. The largest absolute Gasteiger partial charge is 0.497 e. The summed E-state index contributed by atoms with van der Waals surface area (Å²) in [5.74, 6) is 1.80. The number of rotatable bonds is 5. The van der Waals surface area contributed by atoms with Crippen molar-refractivity contribution in [2.75, 3.05) is 12.4 Å². The van der Waals surface area contributed by atoms with Crippen LogP contribution in [0.25, 0.3) is 22.2 Å². The number of anilines is 1. The molecule has 0 radical (unpaired) electrons. The van der Waals surface area contributed by atoms with Gasteiger partial charge in [-0.05, 0) is 41.5 Å². The van der Waals surface area contributed by atoms with Crippen LogP contribution < -0.4 is 15.6 Å². The minimum Gasteiger partial charge on any atom is -0.497 e. The molecule has 1 aromatic carbocycles. The first-order valence-electron chi connectivity index (χ1n) is 8.04. The predicted octanol–water partition coefficient (Wildman–Crippen LogP) is 3.20. The van der Waals surface area contributed by atoms with Gasteiger partial charge < -0.3 is 14.5 Å². The van der Waals surface area contributed by atoms with Crippen molar-refractivity contribution in [2.45, 2.75) is 6.54 Å². The highest BCUT2D eigenvalue weighted by atomic mass is 16.5. The molecule has 4 rings (SSSR count). The summed E-state index contributed by atoms with van der Waals surface area (Å²) < 4.78 is 10.5. The van der Waals surface area contributed by atoms with Gasteiger partial charge in [0.1, 0.15) is 11.5 Å². The summed E-state index contributed by atoms with van der Waals surface area (Å²) in [6.45, 7) is 0.414. The van der Waals surface area contributed by atoms with Crippen LogP contribution in [0.2, 0.25) is 0 Å². The normalized spacial score (nSPS) is 10.8. The highest BCUT2D eigenvalue weighted by Gasteiger charge is 2.12. The molecule has 7 nitrogen and oxygen atoms in total. The van der Waals surface area contributed by atoms with Gasteiger partial charge in [0, 0.05) is 6.20 Å². The first-order valence-corrected chi connectivity index (χ1v) is 8.04. The number of nitrogens with one attached hydrogen (secondary N) is 2. The van der Waals surface area contributed by atoms with E-state index in [1.54, 1.807) is 31.7 Å². The standard InChI is InChI=1S/C19H16N4O3/c1-25-13-5-2-4-12(10-13)15-7-8-20-17-16(15)18(24)23-19(22-17)21-11-14-6-3-9-26-14/h2-10H,11H2,1H3,(H2,20,21,22,23,24). The fraction of sp³-hybridized carbons (Fsp3) is 0.105. The van der Waals surface area contributed by atoms with Crippen LogP contribution >= 0.6 is 0 Å². The topological polar surface area (TPSA) is 93.0 Å². The molecule has 0 saturated heterocycles. The van der Waals surface area contributed by atoms with Crippen molar-refractivity contribution in [1.29, 1.82) is 0 Å². The van der Waals surface area contributed by atoms with E-state index in [9.17, 15) is 4.79 Å². The summed E-state index contributed by atoms with van der Waals surface area (Å²) in [6.07, 6.45) is 3.23. The molecule has 0 saturated carbocycles. The zero-order chi connectivity index (χ0) is 17.9. The highest BCUT2D eigenvalue weighted by molar-refractivity contribution is 5.92. The Morgan fingerprint density at radius 3 is 2.96 bits per heavy atom. The molecule has 3 aromatic heterocycles. The molecule has 0 fully saturated rings. The third kappa shape index (κ3) is 3.02. The van der Waals surface area contributed by atoms with Crippen LogP contribution in [0.4, 0.5) is 5.95 Å². The van der Waals surface area contributed by atoms with E-state index in [4.69, 9.17) is 9.15 Å². The molecule has 4 aromatic rings. The van der Waals surface area contributed by atoms with Crippen LogP contribution in [0, 0.1) is 0 Å². The van der Waals surface area contributed by atoms with Crippen molar-refractivity contribution >= 4 is 17.0 Å². The molecule has 2 N–H and O–H groups in total. The third-order valence-electron chi connectivity index (χ3n) is 4.00. The second kappa shape index (κ2) is 6.72. The van der Waals surface area contributed by atoms with Gasteiger partial charge in [0.25, 0.3) is 5.56 Å². The Labute approximate surface area is 148 Å². The van der Waals surface area contributed by atoms with E-state index in [0.717, 1.165) is 16.9 Å². The molecule has 0 aliphatic rings. The van der Waals surface area contributed by atoms with Gasteiger partial charge in [0.05, 0.1) is 25.3 Å². The molecule has 26 heavy (non-hydrogen) atoms. The lowest BCUT2D eigenvalue weighted by molar-refractivity contribution is 0.415. The Hall–Kier alpha value is -3.61. The lowest BCUT2D eigenvalue weighted by Crippen LogP contribution is -2.14. The number of H-pyrrole nitrogens is 1. The molecule has 7 heteroatoms. The number of nitrogens with zero attached hydrogens (tertiary/aromatic N) is 2. The first-order chi connectivity index (χ1) is 12.7. The number of aromatic nitrogens is 3. The number of pyridine rings is 1. The zero-order valence-corrected chi connectivity index (χ0v) is 14.0. The van der Waals surface area contributed by atoms with Crippen LogP contribution in [0.1, 0.15) is 5.76 Å². The van der Waals surface area contributed by atoms with Gasteiger partial charge in [-0.3, -0.25) is 9.78 Å². The van der Waals surface area contributed by atoms with Gasteiger partial charge in [0.15, 0.2) is 5.65 Å². The quantitative estimate of drug-likeness (QED) is 0.575. The fourth-order valence-electron chi connectivity index (χ4n) is 2.76. The second-order valence-corrected chi connectivity index (χ2v) is 5.64. The van der Waals surface area contributed by atoms with E-state index < -0.39 is 0 Å². The number of furan rings is 1. The summed E-state index contributed by atoms with van der Waals surface area (Å²) in [5.41, 5.74) is 1.72. The molecule has 0 amide bonds. The van der Waals surface area contributed by atoms with Crippen LogP contribution in [0.3, 0.4) is 0 Å². The van der Waals surface area contributed by atoms with Crippen LogP contribution in [-0.4, -0.2) is 22.1 Å². The summed E-state index contributed by atoms with van der Waals surface area (Å²) in [7, 11) is 1.61. The number of benzene rings is 1. The van der Waals surface area contributed by atoms with Gasteiger partial charge in [-0.15, -0.1) is 0 Å². The maximum Gasteiger partial charge on any atom is 0.262 e. The Balaban J connectivity index is 1.75. The van der Waals surface area contributed by atoms with E-state index in [-0.39, 0.29) is 5.56 Å². The van der Waals surface area contributed by atoms with Crippen molar-refractivity contribution in [1.82, 2.24) is 15.0 Å². The molecule has 130 valence electrons. The smallest absolute Gasteiger partial charge is 0.262 e. The maximum atomic E-state index is 12.7. The average Bonchev–Trinajstić information content (AvgIpc) is 3.19. The first kappa shape index (κ1) is 15.9. The summed E-state index contributed by atoms with van der Waals surface area (Å²) in [4.78, 5) is 24.1. The minimum atomic E-state index is -0.261. The number of hydrogen-bond acceptors (Lipinski definition) is 6. The van der Waals surface area contributed by atoms with Crippen molar-refractivity contribution in [2.24, 2.45) is 0 Å². The molecule has 0 spiro atoms. The van der Waals surface area contributed by atoms with E-state index in [2.05, 4.69) is 20.3 Å². The van der Waals surface area contributed by atoms with E-state index in [1.807, 2.05) is 30.3 Å². The third-order valence-corrected chi connectivity index (χ3v) is 4.00. The maximum absolute atomic E-state index is 12.7. The Morgan fingerprint density at radius 2 is 2.15 bits per heavy atom. The molecule has 0 unspecified atom stereocenters. The SMILES string of the molecule is COc1cccc(-c2ccnc3nc(NCc4ccco4)[nH]c(=O)c23)c1. The predicted molar refractivity (Wildman–Crippen MR) is 98.2 cm³/mol. The highest BCUT2D eigenvalue weighted by Crippen LogP contribution is 2.27. The second-order valence-electron chi connectivity index (χ2n) is 5.64. The Bertz CT molecular complexity index is 1100. The number of aromatic amines is 1. The van der Waals surface area contributed by atoms with Crippen molar-refractivity contribution < 1.29 is 9.15 Å². The molecular formula is C19H16N4O3. The van der Waals surface area contributed by atoms with Gasteiger partial charge >= 0.3 is 0 Å². The van der Waals surface area contributed by atoms with E-state index in [1.165, 1.54) is 0 Å². The van der Waals surface area contributed by atoms with Crippen molar-refractivity contribution in [3.8, 4) is 16.9 Å². The van der Waals surface area contributed by atoms with Crippen molar-refractivity contribution in [3.05, 3.63) is 71.0 Å². The van der Waals surface area contributed by atoms with Gasteiger partial charge in [0.2, 0.25) is 5.95 Å². The average molecular weight is 348 g/mol. The number of ether oxygens (including phenoxy) is 1.